The van der Waals surface area contributed by atoms with Crippen molar-refractivity contribution in [1.29, 1.82) is 0 Å². The number of pyridine rings is 1. The van der Waals surface area contributed by atoms with E-state index in [0.717, 1.165) is 61.6 Å². The Bertz CT molecular complexity index is 558. The molecule has 1 aromatic rings. The van der Waals surface area contributed by atoms with Crippen LogP contribution in [0.4, 0.5) is 5.82 Å². The third kappa shape index (κ3) is 5.94. The molecule has 0 unspecified atom stereocenters. The second-order valence-corrected chi connectivity index (χ2v) is 8.30. The normalized spacial score (nSPS) is 22.0. The van der Waals surface area contributed by atoms with Crippen molar-refractivity contribution in [2.24, 2.45) is 0 Å². The van der Waals surface area contributed by atoms with Crippen molar-refractivity contribution in [2.45, 2.75) is 45.0 Å². The van der Waals surface area contributed by atoms with Crippen molar-refractivity contribution < 1.29 is 18.9 Å². The maximum Gasteiger partial charge on any atom is 0.216 e. The summed E-state index contributed by atoms with van der Waals surface area (Å²) in [6.45, 7) is 8.49. The van der Waals surface area contributed by atoms with Gasteiger partial charge in [-0.3, -0.25) is 0 Å². The molecule has 0 amide bonds. The molecule has 2 aliphatic heterocycles. The topological polar surface area (TPSA) is 53.0 Å². The smallest absolute Gasteiger partial charge is 0.216 e. The number of morpholine rings is 1. The van der Waals surface area contributed by atoms with Crippen LogP contribution >= 0.6 is 22.6 Å². The molecule has 140 valence electrons. The van der Waals surface area contributed by atoms with E-state index in [1.165, 1.54) is 0 Å². The number of halogens is 1. The predicted octanol–water partition coefficient (Wildman–Crippen LogP) is 3.22. The largest absolute Gasteiger partial charge is 0.469 e. The molecule has 0 radical (unpaired) electrons. The van der Waals surface area contributed by atoms with E-state index < -0.39 is 5.60 Å². The molecule has 1 aromatic heterocycles. The quantitative estimate of drug-likeness (QED) is 0.606. The van der Waals surface area contributed by atoms with Crippen LogP contribution in [0, 0.1) is 3.57 Å². The Morgan fingerprint density at radius 1 is 1.24 bits per heavy atom. The maximum atomic E-state index is 6.15. The maximum absolute atomic E-state index is 6.15. The fourth-order valence-corrected chi connectivity index (χ4v) is 3.46. The highest BCUT2D eigenvalue weighted by atomic mass is 127. The van der Waals surface area contributed by atoms with Crippen molar-refractivity contribution >= 4 is 28.4 Å². The van der Waals surface area contributed by atoms with E-state index in [4.69, 9.17) is 23.9 Å². The summed E-state index contributed by atoms with van der Waals surface area (Å²) in [7, 11) is 0. The molecule has 3 rings (SSSR count). The zero-order valence-electron chi connectivity index (χ0n) is 15.0. The molecule has 0 aliphatic carbocycles. The molecule has 6 nitrogen and oxygen atoms in total. The zero-order chi connectivity index (χ0) is 17.7. The van der Waals surface area contributed by atoms with Crippen LogP contribution in [0.1, 0.15) is 33.1 Å². The first-order chi connectivity index (χ1) is 12.0. The third-order valence-corrected chi connectivity index (χ3v) is 4.85. The Hall–Kier alpha value is -0.640. The second-order valence-electron chi connectivity index (χ2n) is 7.05. The van der Waals surface area contributed by atoms with Crippen LogP contribution < -0.4 is 9.64 Å². The highest BCUT2D eigenvalue weighted by Gasteiger charge is 2.25. The van der Waals surface area contributed by atoms with E-state index in [0.29, 0.717) is 12.5 Å². The van der Waals surface area contributed by atoms with Gasteiger partial charge in [0.25, 0.3) is 0 Å². The molecule has 0 spiro atoms. The highest BCUT2D eigenvalue weighted by Crippen LogP contribution is 2.25. The summed E-state index contributed by atoms with van der Waals surface area (Å²) >= 11 is 2.31. The van der Waals surface area contributed by atoms with Gasteiger partial charge in [0.2, 0.25) is 5.88 Å². The van der Waals surface area contributed by atoms with Gasteiger partial charge in [-0.25, -0.2) is 0 Å². The van der Waals surface area contributed by atoms with Gasteiger partial charge in [0.15, 0.2) is 6.29 Å². The van der Waals surface area contributed by atoms with E-state index in [9.17, 15) is 0 Å². The van der Waals surface area contributed by atoms with Gasteiger partial charge < -0.3 is 23.8 Å². The monoisotopic (exact) mass is 462 g/mol. The van der Waals surface area contributed by atoms with Crippen molar-refractivity contribution in [2.75, 3.05) is 44.4 Å². The van der Waals surface area contributed by atoms with Crippen LogP contribution in [0.15, 0.2) is 12.1 Å². The molecule has 0 saturated carbocycles. The van der Waals surface area contributed by atoms with E-state index in [1.54, 1.807) is 0 Å². The summed E-state index contributed by atoms with van der Waals surface area (Å²) in [6.07, 6.45) is 3.13. The number of hydrogen-bond donors (Lipinski definition) is 0. The molecule has 0 aromatic carbocycles. The summed E-state index contributed by atoms with van der Waals surface area (Å²) in [5.41, 5.74) is -0.472. The Morgan fingerprint density at radius 3 is 2.76 bits per heavy atom. The molecular weight excluding hydrogens is 435 g/mol. The van der Waals surface area contributed by atoms with Crippen molar-refractivity contribution in [3.8, 4) is 5.88 Å². The summed E-state index contributed by atoms with van der Waals surface area (Å²) in [4.78, 5) is 6.93. The van der Waals surface area contributed by atoms with Crippen LogP contribution in [0.25, 0.3) is 0 Å². The Balaban J connectivity index is 1.60. The molecule has 1 atom stereocenters. The predicted molar refractivity (Wildman–Crippen MR) is 104 cm³/mol. The molecule has 25 heavy (non-hydrogen) atoms. The van der Waals surface area contributed by atoms with E-state index in [2.05, 4.69) is 33.6 Å². The van der Waals surface area contributed by atoms with Crippen molar-refractivity contribution in [1.82, 2.24) is 4.98 Å². The van der Waals surface area contributed by atoms with E-state index in [-0.39, 0.29) is 6.29 Å². The number of aromatic nitrogens is 1. The van der Waals surface area contributed by atoms with Crippen LogP contribution in [-0.2, 0) is 14.2 Å². The summed E-state index contributed by atoms with van der Waals surface area (Å²) in [5, 5.41) is 0. The van der Waals surface area contributed by atoms with Crippen molar-refractivity contribution in [3.05, 3.63) is 15.7 Å². The molecule has 2 fully saturated rings. The molecule has 0 N–H and O–H groups in total. The summed E-state index contributed by atoms with van der Waals surface area (Å²) in [5.74, 6) is 1.57. The first-order valence-corrected chi connectivity index (χ1v) is 10.0. The van der Waals surface area contributed by atoms with Crippen LogP contribution in [-0.4, -0.2) is 56.4 Å². The molecule has 2 aliphatic rings. The van der Waals surface area contributed by atoms with Crippen LogP contribution in [0.2, 0.25) is 0 Å². The van der Waals surface area contributed by atoms with Crippen LogP contribution in [0.3, 0.4) is 0 Å². The minimum atomic E-state index is -0.472. The minimum Gasteiger partial charge on any atom is -0.469 e. The molecule has 2 saturated heterocycles. The highest BCUT2D eigenvalue weighted by molar-refractivity contribution is 14.1. The van der Waals surface area contributed by atoms with Crippen molar-refractivity contribution in [3.63, 3.8) is 0 Å². The minimum absolute atomic E-state index is 0.107. The van der Waals surface area contributed by atoms with Gasteiger partial charge in [-0.15, -0.1) is 0 Å². The van der Waals surface area contributed by atoms with Gasteiger partial charge in [0.1, 0.15) is 11.4 Å². The summed E-state index contributed by atoms with van der Waals surface area (Å²) < 4.78 is 24.2. The number of hydrogen-bond acceptors (Lipinski definition) is 6. The third-order valence-electron chi connectivity index (χ3n) is 4.22. The molecule has 7 heteroatoms. The lowest BCUT2D eigenvalue weighted by Crippen LogP contribution is -2.38. The fourth-order valence-electron chi connectivity index (χ4n) is 2.92. The molecule has 0 bridgehead atoms. The van der Waals surface area contributed by atoms with Gasteiger partial charge in [-0.05, 0) is 61.8 Å². The number of ether oxygens (including phenoxy) is 4. The number of nitrogens with zero attached hydrogens (tertiary/aromatic N) is 2. The average Bonchev–Trinajstić information content (AvgIpc) is 2.61. The summed E-state index contributed by atoms with van der Waals surface area (Å²) in [6, 6.07) is 4.04. The molecule has 3 heterocycles. The Kier molecular flexibility index (Phi) is 6.76. The lowest BCUT2D eigenvalue weighted by Gasteiger charge is -2.31. The lowest BCUT2D eigenvalue weighted by molar-refractivity contribution is -0.183. The van der Waals surface area contributed by atoms with Gasteiger partial charge in [0, 0.05) is 29.3 Å². The average molecular weight is 462 g/mol. The Morgan fingerprint density at radius 2 is 2.04 bits per heavy atom. The Labute approximate surface area is 163 Å². The SMILES string of the molecule is CC(C)(CO[C@H]1CCCCO1)Oc1cc(I)cc(N2CCOCC2)n1. The lowest BCUT2D eigenvalue weighted by atomic mass is 10.1. The standard InChI is InChI=1S/C18H27IN2O4/c1-18(2,13-24-17-5-3-4-8-23-17)25-16-12-14(19)11-15(20-16)21-6-9-22-10-7-21/h11-12,17H,3-10,13H2,1-2H3/t17-/m0/s1. The number of rotatable bonds is 6. The van der Waals surface area contributed by atoms with Gasteiger partial charge in [-0.2, -0.15) is 4.98 Å². The first-order valence-electron chi connectivity index (χ1n) is 8.94. The molecular formula is C18H27IN2O4. The number of anilines is 1. The second kappa shape index (κ2) is 8.83. The first kappa shape index (κ1) is 19.1. The zero-order valence-corrected chi connectivity index (χ0v) is 17.2. The van der Waals surface area contributed by atoms with Gasteiger partial charge >= 0.3 is 0 Å². The van der Waals surface area contributed by atoms with E-state index >= 15 is 0 Å². The van der Waals surface area contributed by atoms with E-state index in [1.807, 2.05) is 19.9 Å². The van der Waals surface area contributed by atoms with Gasteiger partial charge in [0.05, 0.1) is 19.8 Å². The fraction of sp³-hybridized carbons (Fsp3) is 0.722. The van der Waals surface area contributed by atoms with Gasteiger partial charge in [-0.1, -0.05) is 0 Å². The van der Waals surface area contributed by atoms with Crippen LogP contribution in [0.5, 0.6) is 5.88 Å².